The summed E-state index contributed by atoms with van der Waals surface area (Å²) in [6.07, 6.45) is -1.99. The highest BCUT2D eigenvalue weighted by molar-refractivity contribution is 6.30. The van der Waals surface area contributed by atoms with Crippen LogP contribution in [0.4, 0.5) is 4.39 Å². The molecule has 2 aliphatic carbocycles. The Bertz CT molecular complexity index is 992. The van der Waals surface area contributed by atoms with Gasteiger partial charge < -0.3 is 15.3 Å². The number of aliphatic hydroxyl groups is 1. The molecule has 0 radical (unpaired) electrons. The van der Waals surface area contributed by atoms with Gasteiger partial charge in [0.1, 0.15) is 11.5 Å². The van der Waals surface area contributed by atoms with Gasteiger partial charge in [0.25, 0.3) is 0 Å². The lowest BCUT2D eigenvalue weighted by atomic mass is 9.70. The van der Waals surface area contributed by atoms with Crippen molar-refractivity contribution >= 4 is 11.6 Å². The lowest BCUT2D eigenvalue weighted by Crippen LogP contribution is -2.37. The molecular formula is C20H17FO5. The number of fused-ring (bicyclic) bond motifs is 3. The van der Waals surface area contributed by atoms with Gasteiger partial charge in [-0.2, -0.15) is 0 Å². The topological polar surface area (TPSA) is 94.8 Å². The number of hydrogen-bond acceptors (Lipinski definition) is 5. The van der Waals surface area contributed by atoms with Crippen LogP contribution in [0.5, 0.6) is 11.5 Å². The minimum absolute atomic E-state index is 0.00563. The minimum Gasteiger partial charge on any atom is -0.507 e. The molecule has 4 rings (SSSR count). The van der Waals surface area contributed by atoms with Crippen LogP contribution in [0.15, 0.2) is 24.3 Å². The molecule has 0 saturated heterocycles. The Morgan fingerprint density at radius 1 is 1.00 bits per heavy atom. The van der Waals surface area contributed by atoms with E-state index in [-0.39, 0.29) is 34.2 Å². The van der Waals surface area contributed by atoms with E-state index in [9.17, 15) is 29.3 Å². The number of benzene rings is 2. The van der Waals surface area contributed by atoms with Crippen molar-refractivity contribution in [2.75, 3.05) is 0 Å². The van der Waals surface area contributed by atoms with E-state index in [1.54, 1.807) is 19.1 Å². The third-order valence-electron chi connectivity index (χ3n) is 5.41. The summed E-state index contributed by atoms with van der Waals surface area (Å²) < 4.78 is 14.9. The molecule has 0 bridgehead atoms. The molecule has 0 saturated carbocycles. The SMILES string of the molecule is CC1C[C@@](C)(O)[C@@H](F)c2c(O)c3c(c(O)c21)C(=O)c1ccccc1C3=O. The van der Waals surface area contributed by atoms with Gasteiger partial charge in [0.05, 0.1) is 16.7 Å². The summed E-state index contributed by atoms with van der Waals surface area (Å²) >= 11 is 0. The molecule has 1 unspecified atom stereocenters. The van der Waals surface area contributed by atoms with Crippen molar-refractivity contribution in [3.8, 4) is 11.5 Å². The van der Waals surface area contributed by atoms with Crippen molar-refractivity contribution in [3.63, 3.8) is 0 Å². The van der Waals surface area contributed by atoms with Gasteiger partial charge in [0.15, 0.2) is 17.7 Å². The Kier molecular flexibility index (Phi) is 3.31. The normalized spacial score (nSPS) is 26.9. The second-order valence-electron chi connectivity index (χ2n) is 7.30. The zero-order valence-corrected chi connectivity index (χ0v) is 14.2. The molecule has 0 aromatic heterocycles. The molecule has 6 heteroatoms. The average molecular weight is 356 g/mol. The number of rotatable bonds is 0. The van der Waals surface area contributed by atoms with E-state index in [1.165, 1.54) is 19.1 Å². The summed E-state index contributed by atoms with van der Waals surface area (Å²) in [6.45, 7) is 2.96. The molecule has 5 nitrogen and oxygen atoms in total. The first-order chi connectivity index (χ1) is 12.2. The van der Waals surface area contributed by atoms with E-state index < -0.39 is 46.3 Å². The number of ketones is 2. The Hall–Kier alpha value is -2.73. The van der Waals surface area contributed by atoms with Crippen molar-refractivity contribution in [2.24, 2.45) is 0 Å². The van der Waals surface area contributed by atoms with Gasteiger partial charge in [0.2, 0.25) is 0 Å². The molecule has 0 spiro atoms. The molecule has 3 N–H and O–H groups in total. The quantitative estimate of drug-likeness (QED) is 0.538. The molecule has 2 aromatic carbocycles. The fourth-order valence-corrected chi connectivity index (χ4v) is 4.24. The van der Waals surface area contributed by atoms with Crippen LogP contribution in [-0.2, 0) is 0 Å². The Balaban J connectivity index is 2.10. The molecule has 0 aliphatic heterocycles. The van der Waals surface area contributed by atoms with E-state index >= 15 is 0 Å². The van der Waals surface area contributed by atoms with Crippen molar-refractivity contribution < 1.29 is 29.3 Å². The van der Waals surface area contributed by atoms with Gasteiger partial charge in [-0.05, 0) is 19.3 Å². The van der Waals surface area contributed by atoms with Gasteiger partial charge in [-0.3, -0.25) is 9.59 Å². The summed E-state index contributed by atoms with van der Waals surface area (Å²) in [7, 11) is 0. The molecule has 26 heavy (non-hydrogen) atoms. The maximum atomic E-state index is 14.9. The third-order valence-corrected chi connectivity index (χ3v) is 5.41. The maximum absolute atomic E-state index is 14.9. The summed E-state index contributed by atoms with van der Waals surface area (Å²) in [5.74, 6) is -2.93. The molecular weight excluding hydrogens is 339 g/mol. The summed E-state index contributed by atoms with van der Waals surface area (Å²) in [4.78, 5) is 25.7. The van der Waals surface area contributed by atoms with Crippen LogP contribution in [0.1, 0.15) is 75.3 Å². The van der Waals surface area contributed by atoms with Crippen LogP contribution in [0.25, 0.3) is 0 Å². The van der Waals surface area contributed by atoms with E-state index in [1.807, 2.05) is 0 Å². The first-order valence-corrected chi connectivity index (χ1v) is 8.33. The van der Waals surface area contributed by atoms with Crippen molar-refractivity contribution in [2.45, 2.75) is 38.0 Å². The molecule has 0 heterocycles. The van der Waals surface area contributed by atoms with E-state index in [0.29, 0.717) is 0 Å². The average Bonchev–Trinajstić information content (AvgIpc) is 2.58. The molecule has 0 amide bonds. The predicted octanol–water partition coefficient (Wildman–Crippen LogP) is 3.14. The van der Waals surface area contributed by atoms with E-state index in [4.69, 9.17) is 0 Å². The standard InChI is InChI=1S/C20H17FO5/c1-8-7-20(2,26)19(21)14-11(8)17(24)12-13(18(14)25)16(23)10-6-4-3-5-9(10)15(12)22/h3-6,8,19,24-26H,7H2,1-2H3/t8?,19-,20+/m0/s1. The number of hydrogen-bond donors (Lipinski definition) is 3. The molecule has 3 atom stereocenters. The smallest absolute Gasteiger partial charge is 0.198 e. The lowest BCUT2D eigenvalue weighted by molar-refractivity contribution is -0.0412. The van der Waals surface area contributed by atoms with Crippen LogP contribution in [-0.4, -0.2) is 32.5 Å². The van der Waals surface area contributed by atoms with E-state index in [2.05, 4.69) is 0 Å². The van der Waals surface area contributed by atoms with Crippen LogP contribution in [0, 0.1) is 0 Å². The lowest BCUT2D eigenvalue weighted by Gasteiger charge is -2.39. The summed E-state index contributed by atoms with van der Waals surface area (Å²) in [5, 5.41) is 31.8. The fourth-order valence-electron chi connectivity index (χ4n) is 4.24. The number of phenolic OH excluding ortho intramolecular Hbond substituents is 2. The minimum atomic E-state index is -2.00. The molecule has 134 valence electrons. The number of halogens is 1. The van der Waals surface area contributed by atoms with Crippen LogP contribution in [0.2, 0.25) is 0 Å². The Morgan fingerprint density at radius 3 is 1.96 bits per heavy atom. The fraction of sp³-hybridized carbons (Fsp3) is 0.300. The number of carbonyl (C=O) groups excluding carboxylic acids is 2. The van der Waals surface area contributed by atoms with Crippen molar-refractivity contribution in [1.82, 2.24) is 0 Å². The van der Waals surface area contributed by atoms with Crippen molar-refractivity contribution in [3.05, 3.63) is 57.6 Å². The Morgan fingerprint density at radius 2 is 1.46 bits per heavy atom. The molecule has 2 aromatic rings. The highest BCUT2D eigenvalue weighted by Gasteiger charge is 2.48. The van der Waals surface area contributed by atoms with E-state index in [0.717, 1.165) is 0 Å². The second-order valence-corrected chi connectivity index (χ2v) is 7.30. The van der Waals surface area contributed by atoms with Crippen LogP contribution >= 0.6 is 0 Å². The third kappa shape index (κ3) is 1.93. The van der Waals surface area contributed by atoms with Crippen LogP contribution in [0.3, 0.4) is 0 Å². The van der Waals surface area contributed by atoms with Gasteiger partial charge in [-0.25, -0.2) is 4.39 Å². The monoisotopic (exact) mass is 356 g/mol. The maximum Gasteiger partial charge on any atom is 0.198 e. The predicted molar refractivity (Wildman–Crippen MR) is 90.6 cm³/mol. The molecule has 2 aliphatic rings. The largest absolute Gasteiger partial charge is 0.507 e. The first-order valence-electron chi connectivity index (χ1n) is 8.33. The summed E-state index contributed by atoms with van der Waals surface area (Å²) in [6, 6.07) is 6.09. The number of phenols is 2. The zero-order valence-electron chi connectivity index (χ0n) is 14.2. The zero-order chi connectivity index (χ0) is 19.0. The second kappa shape index (κ2) is 5.14. The number of alkyl halides is 1. The number of aromatic hydroxyl groups is 2. The van der Waals surface area contributed by atoms with Gasteiger partial charge in [-0.15, -0.1) is 0 Å². The Labute approximate surface area is 148 Å². The highest BCUT2D eigenvalue weighted by atomic mass is 19.1. The van der Waals surface area contributed by atoms with Crippen LogP contribution < -0.4 is 0 Å². The van der Waals surface area contributed by atoms with Gasteiger partial charge >= 0.3 is 0 Å². The first kappa shape index (κ1) is 16.7. The summed E-state index contributed by atoms with van der Waals surface area (Å²) in [5.41, 5.74) is -2.49. The molecule has 0 fully saturated rings. The van der Waals surface area contributed by atoms with Gasteiger partial charge in [-0.1, -0.05) is 31.2 Å². The highest BCUT2D eigenvalue weighted by Crippen LogP contribution is 2.55. The van der Waals surface area contributed by atoms with Crippen molar-refractivity contribution in [1.29, 1.82) is 0 Å². The number of carbonyl (C=O) groups is 2. The van der Waals surface area contributed by atoms with Gasteiger partial charge in [0, 0.05) is 22.3 Å².